The fourth-order valence-electron chi connectivity index (χ4n) is 1.93. The third-order valence-electron chi connectivity index (χ3n) is 2.90. The summed E-state index contributed by atoms with van der Waals surface area (Å²) < 4.78 is 12.0. The van der Waals surface area contributed by atoms with Gasteiger partial charge in [-0.05, 0) is 33.3 Å². The van der Waals surface area contributed by atoms with Crippen LogP contribution in [0.3, 0.4) is 0 Å². The van der Waals surface area contributed by atoms with Crippen LogP contribution in [-0.4, -0.2) is 44.8 Å². The lowest BCUT2D eigenvalue weighted by Crippen LogP contribution is -2.22. The highest BCUT2D eigenvalue weighted by molar-refractivity contribution is 5.88. The Bertz CT molecular complexity index is 746. The molecule has 8 nitrogen and oxygen atoms in total. The van der Waals surface area contributed by atoms with Gasteiger partial charge in [0.05, 0.1) is 13.3 Å². The predicted molar refractivity (Wildman–Crippen MR) is 91.0 cm³/mol. The number of carbonyl (C=O) groups excluding carboxylic acids is 1. The second-order valence-corrected chi connectivity index (χ2v) is 6.16. The Morgan fingerprint density at radius 1 is 1.38 bits per heavy atom. The van der Waals surface area contributed by atoms with Gasteiger partial charge in [0.1, 0.15) is 5.60 Å². The highest BCUT2D eigenvalue weighted by Gasteiger charge is 2.15. The van der Waals surface area contributed by atoms with Gasteiger partial charge in [-0.2, -0.15) is 19.6 Å². The molecule has 1 N–H and O–H groups in total. The van der Waals surface area contributed by atoms with Crippen molar-refractivity contribution in [3.8, 4) is 6.01 Å². The van der Waals surface area contributed by atoms with E-state index in [1.54, 1.807) is 16.8 Å². The first kappa shape index (κ1) is 17.7. The maximum atomic E-state index is 11.8. The van der Waals surface area contributed by atoms with Crippen molar-refractivity contribution in [2.24, 2.45) is 0 Å². The first-order valence-corrected chi connectivity index (χ1v) is 7.78. The number of fused-ring (bicyclic) bond motifs is 1. The maximum Gasteiger partial charge on any atom is 0.331 e. The number of aromatic nitrogens is 4. The van der Waals surface area contributed by atoms with Gasteiger partial charge in [0.15, 0.2) is 5.65 Å². The zero-order chi connectivity index (χ0) is 17.7. The second-order valence-electron chi connectivity index (χ2n) is 6.16. The van der Waals surface area contributed by atoms with Gasteiger partial charge in [0, 0.05) is 18.2 Å². The van der Waals surface area contributed by atoms with Crippen molar-refractivity contribution in [1.29, 1.82) is 0 Å². The Balaban J connectivity index is 2.33. The summed E-state index contributed by atoms with van der Waals surface area (Å²) in [6, 6.07) is 0.230. The Morgan fingerprint density at radius 3 is 2.75 bits per heavy atom. The van der Waals surface area contributed by atoms with E-state index in [-0.39, 0.29) is 6.01 Å². The lowest BCUT2D eigenvalue weighted by molar-refractivity contribution is -0.148. The van der Waals surface area contributed by atoms with Gasteiger partial charge >= 0.3 is 12.0 Å². The van der Waals surface area contributed by atoms with Crippen molar-refractivity contribution < 1.29 is 14.3 Å². The van der Waals surface area contributed by atoms with E-state index in [2.05, 4.69) is 27.3 Å². The third kappa shape index (κ3) is 4.43. The summed E-state index contributed by atoms with van der Waals surface area (Å²) in [6.45, 7) is 8.26. The third-order valence-corrected chi connectivity index (χ3v) is 2.90. The summed E-state index contributed by atoms with van der Waals surface area (Å²) >= 11 is 0. The van der Waals surface area contributed by atoms with Crippen molar-refractivity contribution in [1.82, 2.24) is 19.6 Å². The first-order chi connectivity index (χ1) is 11.3. The van der Waals surface area contributed by atoms with E-state index in [0.717, 1.165) is 13.0 Å². The topological polar surface area (TPSA) is 90.6 Å². The minimum Gasteiger partial charge on any atom is -0.467 e. The van der Waals surface area contributed by atoms with Crippen LogP contribution < -0.4 is 10.1 Å². The average molecular weight is 333 g/mol. The molecule has 0 aliphatic heterocycles. The van der Waals surface area contributed by atoms with Crippen molar-refractivity contribution >= 4 is 23.6 Å². The summed E-state index contributed by atoms with van der Waals surface area (Å²) in [4.78, 5) is 20.4. The van der Waals surface area contributed by atoms with Gasteiger partial charge in [-0.3, -0.25) is 0 Å². The zero-order valence-electron chi connectivity index (χ0n) is 14.7. The molecule has 0 saturated carbocycles. The average Bonchev–Trinajstić information content (AvgIpc) is 2.91. The summed E-state index contributed by atoms with van der Waals surface area (Å²) in [5.41, 5.74) is 0.673. The largest absolute Gasteiger partial charge is 0.467 e. The number of rotatable bonds is 6. The van der Waals surface area contributed by atoms with Crippen LogP contribution in [0.1, 0.15) is 39.7 Å². The molecule has 0 spiro atoms. The summed E-state index contributed by atoms with van der Waals surface area (Å²) in [6.07, 6.45) is 5.53. The molecular weight excluding hydrogens is 310 g/mol. The molecule has 0 bridgehead atoms. The van der Waals surface area contributed by atoms with Crippen LogP contribution in [-0.2, 0) is 9.53 Å². The number of methoxy groups -OCH3 is 1. The standard InChI is InChI=1S/C16H23N5O3/c1-6-9-17-14-20-15(23-5)19-13-11(10-18-21(13)14)7-8-12(22)24-16(2,3)4/h7-8,10H,6,9H2,1-5H3,(H,17,19,20). The summed E-state index contributed by atoms with van der Waals surface area (Å²) in [7, 11) is 1.50. The molecule has 0 saturated heterocycles. The monoisotopic (exact) mass is 333 g/mol. The molecule has 24 heavy (non-hydrogen) atoms. The van der Waals surface area contributed by atoms with Crippen molar-refractivity contribution in [2.45, 2.75) is 39.7 Å². The molecule has 2 heterocycles. The fraction of sp³-hybridized carbons (Fsp3) is 0.500. The van der Waals surface area contributed by atoms with Crippen molar-refractivity contribution in [3.05, 3.63) is 17.8 Å². The Hall–Kier alpha value is -2.64. The van der Waals surface area contributed by atoms with Gasteiger partial charge in [-0.1, -0.05) is 6.92 Å². The Labute approximate surface area is 140 Å². The minimum absolute atomic E-state index is 0.230. The highest BCUT2D eigenvalue weighted by Crippen LogP contribution is 2.18. The molecule has 130 valence electrons. The fourth-order valence-corrected chi connectivity index (χ4v) is 1.93. The number of nitrogens with one attached hydrogen (secondary N) is 1. The smallest absolute Gasteiger partial charge is 0.331 e. The molecule has 2 aromatic rings. The maximum absolute atomic E-state index is 11.8. The lowest BCUT2D eigenvalue weighted by atomic mass is 10.2. The van der Waals surface area contributed by atoms with Gasteiger partial charge in [-0.15, -0.1) is 0 Å². The molecule has 0 unspecified atom stereocenters. The van der Waals surface area contributed by atoms with Crippen LogP contribution in [0.25, 0.3) is 11.7 Å². The van der Waals surface area contributed by atoms with E-state index in [1.165, 1.54) is 13.2 Å². The van der Waals surface area contributed by atoms with Crippen molar-refractivity contribution in [3.63, 3.8) is 0 Å². The first-order valence-electron chi connectivity index (χ1n) is 7.78. The lowest BCUT2D eigenvalue weighted by Gasteiger charge is -2.17. The van der Waals surface area contributed by atoms with E-state index in [9.17, 15) is 4.79 Å². The zero-order valence-corrected chi connectivity index (χ0v) is 14.7. The Kier molecular flexibility index (Phi) is 5.38. The molecule has 0 fully saturated rings. The second kappa shape index (κ2) is 7.29. The van der Waals surface area contributed by atoms with Crippen LogP contribution in [0.2, 0.25) is 0 Å². The van der Waals surface area contributed by atoms with E-state index >= 15 is 0 Å². The minimum atomic E-state index is -0.537. The highest BCUT2D eigenvalue weighted by atomic mass is 16.6. The van der Waals surface area contributed by atoms with E-state index < -0.39 is 11.6 Å². The number of nitrogens with zero attached hydrogens (tertiary/aromatic N) is 4. The SMILES string of the molecule is CCCNc1nc(OC)nc2c(C=CC(=O)OC(C)(C)C)cnn12. The van der Waals surface area contributed by atoms with Gasteiger partial charge < -0.3 is 14.8 Å². The number of hydrogen-bond acceptors (Lipinski definition) is 7. The van der Waals surface area contributed by atoms with Crippen LogP contribution in [0.4, 0.5) is 5.95 Å². The number of ether oxygens (including phenoxy) is 2. The molecule has 0 amide bonds. The Morgan fingerprint density at radius 2 is 2.12 bits per heavy atom. The van der Waals surface area contributed by atoms with Crippen LogP contribution in [0.5, 0.6) is 6.01 Å². The van der Waals surface area contributed by atoms with Crippen LogP contribution in [0.15, 0.2) is 12.3 Å². The van der Waals surface area contributed by atoms with Gasteiger partial charge in [-0.25, -0.2) is 4.79 Å². The number of carbonyl (C=O) groups is 1. The summed E-state index contributed by atoms with van der Waals surface area (Å²) in [5.74, 6) is 0.114. The summed E-state index contributed by atoms with van der Waals surface area (Å²) in [5, 5.41) is 7.44. The molecule has 0 radical (unpaired) electrons. The van der Waals surface area contributed by atoms with Crippen LogP contribution >= 0.6 is 0 Å². The van der Waals surface area contributed by atoms with Crippen molar-refractivity contribution in [2.75, 3.05) is 19.0 Å². The van der Waals surface area contributed by atoms with E-state index in [0.29, 0.717) is 17.2 Å². The molecule has 0 aromatic carbocycles. The normalized spacial score (nSPS) is 11.9. The molecule has 0 aliphatic rings. The molecular formula is C16H23N5O3. The van der Waals surface area contributed by atoms with Crippen LogP contribution in [0, 0.1) is 0 Å². The predicted octanol–water partition coefficient (Wildman–Crippen LogP) is 2.31. The quantitative estimate of drug-likeness (QED) is 0.640. The molecule has 0 atom stereocenters. The van der Waals surface area contributed by atoms with Gasteiger partial charge in [0.25, 0.3) is 0 Å². The number of anilines is 1. The molecule has 0 aliphatic carbocycles. The molecule has 8 heteroatoms. The molecule has 2 aromatic heterocycles. The van der Waals surface area contributed by atoms with Gasteiger partial charge in [0.2, 0.25) is 5.95 Å². The number of esters is 1. The molecule has 2 rings (SSSR count). The van der Waals surface area contributed by atoms with E-state index in [4.69, 9.17) is 9.47 Å². The number of hydrogen-bond donors (Lipinski definition) is 1. The van der Waals surface area contributed by atoms with E-state index in [1.807, 2.05) is 20.8 Å².